The average Bonchev–Trinajstić information content (AvgIpc) is 3.00. The first-order valence-electron chi connectivity index (χ1n) is 16.5. The van der Waals surface area contributed by atoms with Gasteiger partial charge in [0, 0.05) is 31.4 Å². The van der Waals surface area contributed by atoms with Gasteiger partial charge in [0.05, 0.1) is 34.6 Å². The number of carbonyl (C=O) groups is 1. The lowest BCUT2D eigenvalue weighted by atomic mass is 10.00. The van der Waals surface area contributed by atoms with Gasteiger partial charge in [0.1, 0.15) is 17.2 Å². The van der Waals surface area contributed by atoms with Crippen LogP contribution in [0.25, 0.3) is 28.0 Å². The van der Waals surface area contributed by atoms with Crippen molar-refractivity contribution in [3.63, 3.8) is 0 Å². The van der Waals surface area contributed by atoms with Crippen LogP contribution in [0.1, 0.15) is 77.6 Å². The number of anilines is 1. The topological polar surface area (TPSA) is 103 Å². The smallest absolute Gasteiger partial charge is 0.410 e. The minimum absolute atomic E-state index is 0.0512. The molecule has 5 heterocycles. The van der Waals surface area contributed by atoms with Crippen LogP contribution in [0, 0.1) is 18.6 Å². The number of aryl methyl sites for hydroxylation is 2. The summed E-state index contributed by atoms with van der Waals surface area (Å²) in [6, 6.07) is 5.28. The number of carbonyl (C=O) groups excluding carboxylic acids is 1. The molecule has 1 saturated heterocycles. The van der Waals surface area contributed by atoms with Crippen molar-refractivity contribution in [3.8, 4) is 22.7 Å². The molecule has 0 aliphatic carbocycles. The van der Waals surface area contributed by atoms with E-state index in [0.717, 1.165) is 17.7 Å². The minimum atomic E-state index is -0.699. The van der Waals surface area contributed by atoms with Crippen LogP contribution >= 0.6 is 0 Å². The number of aromatic nitrogens is 4. The quantitative estimate of drug-likeness (QED) is 0.234. The molecule has 1 amide bonds. The fraction of sp³-hybridized carbons (Fsp3) is 0.472. The summed E-state index contributed by atoms with van der Waals surface area (Å²) in [5.74, 6) is -1.25. The fourth-order valence-corrected chi connectivity index (χ4v) is 6.63. The first-order valence-corrected chi connectivity index (χ1v) is 16.5. The number of hydrogen-bond donors (Lipinski definition) is 0. The van der Waals surface area contributed by atoms with Crippen LogP contribution in [0.15, 0.2) is 35.3 Å². The summed E-state index contributed by atoms with van der Waals surface area (Å²) in [5, 5.41) is 0.557. The van der Waals surface area contributed by atoms with Gasteiger partial charge in [-0.25, -0.2) is 27.9 Å². The monoisotopic (exact) mass is 660 g/mol. The molecule has 4 aromatic rings. The van der Waals surface area contributed by atoms with Crippen molar-refractivity contribution in [3.05, 3.63) is 69.4 Å². The van der Waals surface area contributed by atoms with Crippen molar-refractivity contribution >= 4 is 22.9 Å². The molecular weight excluding hydrogens is 618 g/mol. The molecule has 0 N–H and O–H groups in total. The SMILES string of the molecule is Cc1cc2c(N3C[C@H](C)N(C(=O)OC(C)(C)C)C[C@@H]3C)nc(=O)n3c2nc1-c1c(F)ccc(F)c1OCCCc1ccnc(C(C)C)c1-3. The molecule has 2 atom stereocenters. The standard InChI is InChI=1S/C36H42F2N6O4/c1-19(2)28-30-23(13-14-39-28)10-9-15-47-31-26(38)12-11-25(37)27(31)29-20(3)16-24-32(41-34(45)44(30)33(24)40-29)42-17-22(5)43(18-21(42)4)35(46)48-36(6,7)8/h11-14,16,19,21-22H,9-10,15,17-18H2,1-8H3/t21-,22-/m0/s1. The lowest BCUT2D eigenvalue weighted by molar-refractivity contribution is 0.0130. The van der Waals surface area contributed by atoms with Gasteiger partial charge in [-0.1, -0.05) is 13.8 Å². The number of benzene rings is 1. The maximum atomic E-state index is 15.6. The Bertz CT molecular complexity index is 1970. The largest absolute Gasteiger partial charge is 0.490 e. The number of rotatable bonds is 2. The number of amides is 1. The third kappa shape index (κ3) is 5.97. The molecule has 48 heavy (non-hydrogen) atoms. The molecule has 0 unspecified atom stereocenters. The Hall–Kier alpha value is -4.61. The molecule has 3 aromatic heterocycles. The molecular formula is C36H42F2N6O4. The third-order valence-corrected chi connectivity index (χ3v) is 8.86. The van der Waals surface area contributed by atoms with Crippen molar-refractivity contribution < 1.29 is 23.0 Å². The van der Waals surface area contributed by atoms with Crippen LogP contribution < -0.4 is 15.3 Å². The Morgan fingerprint density at radius 3 is 2.50 bits per heavy atom. The number of nitrogens with zero attached hydrogens (tertiary/aromatic N) is 6. The molecule has 6 rings (SSSR count). The van der Waals surface area contributed by atoms with E-state index >= 15 is 8.78 Å². The predicted molar refractivity (Wildman–Crippen MR) is 180 cm³/mol. The normalized spacial score (nSPS) is 18.2. The molecule has 0 spiro atoms. The number of fused-ring (bicyclic) bond motifs is 5. The molecule has 2 aliphatic rings. The second-order valence-electron chi connectivity index (χ2n) is 14.1. The minimum Gasteiger partial charge on any atom is -0.490 e. The summed E-state index contributed by atoms with van der Waals surface area (Å²) >= 11 is 0. The van der Waals surface area contributed by atoms with E-state index in [2.05, 4.69) is 4.98 Å². The average molecular weight is 661 g/mol. The number of piperazine rings is 1. The molecule has 1 fully saturated rings. The lowest BCUT2D eigenvalue weighted by Crippen LogP contribution is -2.59. The van der Waals surface area contributed by atoms with Gasteiger partial charge in [0.15, 0.2) is 17.2 Å². The van der Waals surface area contributed by atoms with Gasteiger partial charge >= 0.3 is 11.8 Å². The van der Waals surface area contributed by atoms with Gasteiger partial charge in [0.25, 0.3) is 0 Å². The van der Waals surface area contributed by atoms with Crippen molar-refractivity contribution in [2.75, 3.05) is 24.6 Å². The van der Waals surface area contributed by atoms with E-state index in [0.29, 0.717) is 54.1 Å². The number of pyridine rings is 2. The Balaban J connectivity index is 1.63. The van der Waals surface area contributed by atoms with Crippen LogP contribution in [0.3, 0.4) is 0 Å². The highest BCUT2D eigenvalue weighted by Gasteiger charge is 2.37. The molecule has 0 saturated carbocycles. The van der Waals surface area contributed by atoms with Gasteiger partial charge < -0.3 is 19.3 Å². The highest BCUT2D eigenvalue weighted by atomic mass is 19.1. The van der Waals surface area contributed by atoms with Crippen LogP contribution in [0.5, 0.6) is 5.75 Å². The second kappa shape index (κ2) is 12.4. The predicted octanol–water partition coefficient (Wildman–Crippen LogP) is 6.71. The number of ether oxygens (including phenoxy) is 2. The van der Waals surface area contributed by atoms with Gasteiger partial charge in [-0.05, 0) is 95.7 Å². The molecule has 12 heteroatoms. The molecule has 254 valence electrons. The summed E-state index contributed by atoms with van der Waals surface area (Å²) in [6.45, 7) is 16.0. The van der Waals surface area contributed by atoms with E-state index in [-0.39, 0.29) is 47.3 Å². The Labute approximate surface area is 278 Å². The van der Waals surface area contributed by atoms with Gasteiger partial charge in [-0.15, -0.1) is 0 Å². The zero-order valence-corrected chi connectivity index (χ0v) is 28.7. The Kier molecular flexibility index (Phi) is 8.63. The summed E-state index contributed by atoms with van der Waals surface area (Å²) in [5.41, 5.74) is 1.75. The Morgan fingerprint density at radius 1 is 1.06 bits per heavy atom. The van der Waals surface area contributed by atoms with Gasteiger partial charge in [-0.2, -0.15) is 4.98 Å². The van der Waals surface area contributed by atoms with E-state index in [1.165, 1.54) is 4.57 Å². The van der Waals surface area contributed by atoms with Gasteiger partial charge in [-0.3, -0.25) is 4.98 Å². The first kappa shape index (κ1) is 33.3. The van der Waals surface area contributed by atoms with Crippen molar-refractivity contribution in [1.82, 2.24) is 24.4 Å². The molecule has 2 bridgehead atoms. The van der Waals surface area contributed by atoms with E-state index < -0.39 is 29.0 Å². The van der Waals surface area contributed by atoms with Crippen LogP contribution in [0.2, 0.25) is 0 Å². The summed E-state index contributed by atoms with van der Waals surface area (Å²) in [6.07, 6.45) is 2.28. The van der Waals surface area contributed by atoms with Crippen LogP contribution in [-0.4, -0.2) is 67.9 Å². The third-order valence-electron chi connectivity index (χ3n) is 8.86. The summed E-state index contributed by atoms with van der Waals surface area (Å²) in [4.78, 5) is 45.5. The Morgan fingerprint density at radius 2 is 1.79 bits per heavy atom. The number of halogens is 2. The maximum absolute atomic E-state index is 15.6. The molecule has 2 aliphatic heterocycles. The molecule has 0 radical (unpaired) electrons. The van der Waals surface area contributed by atoms with Crippen molar-refractivity contribution in [2.24, 2.45) is 0 Å². The van der Waals surface area contributed by atoms with Crippen LogP contribution in [-0.2, 0) is 11.2 Å². The zero-order chi connectivity index (χ0) is 34.7. The number of hydrogen-bond acceptors (Lipinski definition) is 8. The summed E-state index contributed by atoms with van der Waals surface area (Å²) in [7, 11) is 0. The lowest BCUT2D eigenvalue weighted by Gasteiger charge is -2.44. The van der Waals surface area contributed by atoms with Crippen molar-refractivity contribution in [1.29, 1.82) is 0 Å². The molecule has 1 aromatic carbocycles. The van der Waals surface area contributed by atoms with E-state index in [1.807, 2.05) is 65.5 Å². The van der Waals surface area contributed by atoms with E-state index in [4.69, 9.17) is 19.4 Å². The first-order chi connectivity index (χ1) is 22.7. The van der Waals surface area contributed by atoms with Gasteiger partial charge in [0.2, 0.25) is 0 Å². The second-order valence-corrected chi connectivity index (χ2v) is 14.1. The highest BCUT2D eigenvalue weighted by Crippen LogP contribution is 2.40. The highest BCUT2D eigenvalue weighted by molar-refractivity contribution is 5.92. The zero-order valence-electron chi connectivity index (χ0n) is 28.7. The maximum Gasteiger partial charge on any atom is 0.410 e. The molecule has 10 nitrogen and oxygen atoms in total. The van der Waals surface area contributed by atoms with Crippen LogP contribution in [0.4, 0.5) is 19.4 Å². The van der Waals surface area contributed by atoms with Crippen molar-refractivity contribution in [2.45, 2.75) is 91.8 Å². The van der Waals surface area contributed by atoms with E-state index in [1.54, 1.807) is 18.0 Å². The fourth-order valence-electron chi connectivity index (χ4n) is 6.63. The summed E-state index contributed by atoms with van der Waals surface area (Å²) < 4.78 is 44.0. The van der Waals surface area contributed by atoms with E-state index in [9.17, 15) is 9.59 Å².